The van der Waals surface area contributed by atoms with E-state index in [0.717, 1.165) is 17.9 Å². The molecule has 3 N–H and O–H groups in total. The van der Waals surface area contributed by atoms with Crippen LogP contribution in [0.1, 0.15) is 52.1 Å². The van der Waals surface area contributed by atoms with E-state index in [0.29, 0.717) is 5.92 Å². The predicted molar refractivity (Wildman–Crippen MR) is 79.2 cm³/mol. The van der Waals surface area contributed by atoms with Gasteiger partial charge in [-0.3, -0.25) is 0 Å². The summed E-state index contributed by atoms with van der Waals surface area (Å²) in [5, 5.41) is 9.89. The molecule has 0 fully saturated rings. The first kappa shape index (κ1) is 16.0. The number of aliphatic hydroxyl groups is 1. The first-order chi connectivity index (χ1) is 8.84. The molecule has 1 rings (SSSR count). The fourth-order valence-electron chi connectivity index (χ4n) is 1.99. The molecule has 3 nitrogen and oxygen atoms in total. The molecule has 0 unspecified atom stereocenters. The lowest BCUT2D eigenvalue weighted by Crippen LogP contribution is -2.34. The third-order valence-electron chi connectivity index (χ3n) is 3.32. The van der Waals surface area contributed by atoms with Crippen molar-refractivity contribution in [2.45, 2.75) is 52.2 Å². The van der Waals surface area contributed by atoms with E-state index in [1.807, 2.05) is 24.3 Å². The summed E-state index contributed by atoms with van der Waals surface area (Å²) < 4.78 is 5.74. The van der Waals surface area contributed by atoms with Gasteiger partial charge >= 0.3 is 0 Å². The quantitative estimate of drug-likeness (QED) is 0.795. The maximum Gasteiger partial charge on any atom is 0.119 e. The number of rotatable bonds is 7. The molecule has 0 aliphatic rings. The molecule has 0 aromatic heterocycles. The molecule has 0 aliphatic carbocycles. The number of nitrogens with two attached hydrogens (primary N) is 1. The van der Waals surface area contributed by atoms with Gasteiger partial charge in [0.25, 0.3) is 0 Å². The van der Waals surface area contributed by atoms with Gasteiger partial charge in [-0.25, -0.2) is 0 Å². The van der Waals surface area contributed by atoms with E-state index < -0.39 is 5.60 Å². The summed E-state index contributed by atoms with van der Waals surface area (Å²) in [5.74, 6) is 1.43. The molecule has 0 bridgehead atoms. The second-order valence-corrected chi connectivity index (χ2v) is 5.91. The molecule has 0 saturated carbocycles. The van der Waals surface area contributed by atoms with Gasteiger partial charge in [-0.2, -0.15) is 0 Å². The van der Waals surface area contributed by atoms with Crippen LogP contribution in [-0.2, 0) is 0 Å². The fourth-order valence-corrected chi connectivity index (χ4v) is 1.99. The largest absolute Gasteiger partial charge is 0.493 e. The average molecular weight is 265 g/mol. The maximum absolute atomic E-state index is 9.89. The van der Waals surface area contributed by atoms with Gasteiger partial charge in [-0.1, -0.05) is 32.4 Å². The van der Waals surface area contributed by atoms with E-state index in [-0.39, 0.29) is 6.04 Å². The zero-order chi connectivity index (χ0) is 14.5. The minimum Gasteiger partial charge on any atom is -0.493 e. The molecule has 3 heteroatoms. The van der Waals surface area contributed by atoms with E-state index in [1.165, 1.54) is 12.8 Å². The van der Waals surface area contributed by atoms with Crippen LogP contribution >= 0.6 is 0 Å². The average Bonchev–Trinajstić information content (AvgIpc) is 2.35. The standard InChI is InChI=1S/C16H27NO2/c1-5-6-12(2)11-19-14-9-7-13(8-10-14)15(17)16(3,4)18/h7-10,12,15,18H,5-6,11,17H2,1-4H3/t12-,15+/m0/s1. The Kier molecular flexibility index (Phi) is 5.83. The van der Waals surface area contributed by atoms with E-state index in [9.17, 15) is 5.11 Å². The molecule has 2 atom stereocenters. The minimum absolute atomic E-state index is 0.388. The van der Waals surface area contributed by atoms with Crippen LogP contribution in [0.5, 0.6) is 5.75 Å². The van der Waals surface area contributed by atoms with Crippen molar-refractivity contribution in [3.63, 3.8) is 0 Å². The summed E-state index contributed by atoms with van der Waals surface area (Å²) in [6.45, 7) is 8.55. The Balaban J connectivity index is 2.57. The van der Waals surface area contributed by atoms with Crippen molar-refractivity contribution in [2.24, 2.45) is 11.7 Å². The van der Waals surface area contributed by atoms with Crippen molar-refractivity contribution in [1.82, 2.24) is 0 Å². The molecule has 1 aromatic rings. The van der Waals surface area contributed by atoms with Crippen LogP contribution in [-0.4, -0.2) is 17.3 Å². The SMILES string of the molecule is CCC[C@H](C)COc1ccc([C@@H](N)C(C)(C)O)cc1. The smallest absolute Gasteiger partial charge is 0.119 e. The van der Waals surface area contributed by atoms with Gasteiger partial charge in [0.15, 0.2) is 0 Å². The normalized spacial score (nSPS) is 15.1. The van der Waals surface area contributed by atoms with Gasteiger partial charge < -0.3 is 15.6 Å². The van der Waals surface area contributed by atoms with Crippen molar-refractivity contribution < 1.29 is 9.84 Å². The van der Waals surface area contributed by atoms with Gasteiger partial charge in [0.05, 0.1) is 18.2 Å². The van der Waals surface area contributed by atoms with Gasteiger partial charge in [0, 0.05) is 0 Å². The monoisotopic (exact) mass is 265 g/mol. The van der Waals surface area contributed by atoms with Crippen LogP contribution in [0.15, 0.2) is 24.3 Å². The highest BCUT2D eigenvalue weighted by atomic mass is 16.5. The topological polar surface area (TPSA) is 55.5 Å². The summed E-state index contributed by atoms with van der Waals surface area (Å²) in [6, 6.07) is 7.28. The Morgan fingerprint density at radius 2 is 1.84 bits per heavy atom. The highest BCUT2D eigenvalue weighted by Gasteiger charge is 2.24. The van der Waals surface area contributed by atoms with Gasteiger partial charge in [-0.05, 0) is 43.9 Å². The van der Waals surface area contributed by atoms with E-state index >= 15 is 0 Å². The molecule has 108 valence electrons. The first-order valence-corrected chi connectivity index (χ1v) is 7.05. The molecule has 0 spiro atoms. The Morgan fingerprint density at radius 1 is 1.26 bits per heavy atom. The molecular weight excluding hydrogens is 238 g/mol. The lowest BCUT2D eigenvalue weighted by Gasteiger charge is -2.26. The summed E-state index contributed by atoms with van der Waals surface area (Å²) in [4.78, 5) is 0. The molecule has 0 aliphatic heterocycles. The summed E-state index contributed by atoms with van der Waals surface area (Å²) in [6.07, 6.45) is 2.37. The van der Waals surface area contributed by atoms with E-state index in [1.54, 1.807) is 13.8 Å². The zero-order valence-electron chi connectivity index (χ0n) is 12.5. The van der Waals surface area contributed by atoms with Crippen LogP contribution < -0.4 is 10.5 Å². The third-order valence-corrected chi connectivity index (χ3v) is 3.32. The Morgan fingerprint density at radius 3 is 2.32 bits per heavy atom. The zero-order valence-corrected chi connectivity index (χ0v) is 12.5. The van der Waals surface area contributed by atoms with E-state index in [4.69, 9.17) is 10.5 Å². The van der Waals surface area contributed by atoms with Crippen LogP contribution in [0.2, 0.25) is 0 Å². The summed E-state index contributed by atoms with van der Waals surface area (Å²) in [7, 11) is 0. The van der Waals surface area contributed by atoms with Gasteiger partial charge in [0.2, 0.25) is 0 Å². The van der Waals surface area contributed by atoms with Crippen LogP contribution in [0.3, 0.4) is 0 Å². The molecular formula is C16H27NO2. The third kappa shape index (κ3) is 5.21. The van der Waals surface area contributed by atoms with Crippen LogP contribution in [0, 0.1) is 5.92 Å². The maximum atomic E-state index is 9.89. The minimum atomic E-state index is -0.919. The van der Waals surface area contributed by atoms with Gasteiger partial charge in [0.1, 0.15) is 5.75 Å². The Hall–Kier alpha value is -1.06. The summed E-state index contributed by atoms with van der Waals surface area (Å²) in [5.41, 5.74) is 5.99. The molecule has 0 amide bonds. The highest BCUT2D eigenvalue weighted by Crippen LogP contribution is 2.24. The van der Waals surface area contributed by atoms with E-state index in [2.05, 4.69) is 13.8 Å². The lowest BCUT2D eigenvalue weighted by molar-refractivity contribution is 0.0517. The van der Waals surface area contributed by atoms with Crippen LogP contribution in [0.4, 0.5) is 0 Å². The molecule has 0 saturated heterocycles. The molecule has 1 aromatic carbocycles. The number of benzene rings is 1. The fraction of sp³-hybridized carbons (Fsp3) is 0.625. The second kappa shape index (κ2) is 6.92. The van der Waals surface area contributed by atoms with Gasteiger partial charge in [-0.15, -0.1) is 0 Å². The Labute approximate surface area is 116 Å². The second-order valence-electron chi connectivity index (χ2n) is 5.91. The van der Waals surface area contributed by atoms with Crippen LogP contribution in [0.25, 0.3) is 0 Å². The van der Waals surface area contributed by atoms with Crippen molar-refractivity contribution >= 4 is 0 Å². The number of hydrogen-bond donors (Lipinski definition) is 2. The molecule has 19 heavy (non-hydrogen) atoms. The lowest BCUT2D eigenvalue weighted by atomic mass is 9.93. The molecule has 0 radical (unpaired) electrons. The highest BCUT2D eigenvalue weighted by molar-refractivity contribution is 5.30. The van der Waals surface area contributed by atoms with Crippen molar-refractivity contribution in [1.29, 1.82) is 0 Å². The molecule has 0 heterocycles. The number of ether oxygens (including phenoxy) is 1. The first-order valence-electron chi connectivity index (χ1n) is 7.05. The number of hydrogen-bond acceptors (Lipinski definition) is 3. The summed E-state index contributed by atoms with van der Waals surface area (Å²) >= 11 is 0. The van der Waals surface area contributed by atoms with Crippen molar-refractivity contribution in [2.75, 3.05) is 6.61 Å². The Bertz CT molecular complexity index is 367. The predicted octanol–water partition coefficient (Wildman–Crippen LogP) is 3.27. The van der Waals surface area contributed by atoms with Crippen molar-refractivity contribution in [3.8, 4) is 5.75 Å². The van der Waals surface area contributed by atoms with Crippen molar-refractivity contribution in [3.05, 3.63) is 29.8 Å².